The fraction of sp³-hybridized carbons (Fsp3) is 0.500. The molecule has 1 amide bonds. The van der Waals surface area contributed by atoms with Crippen LogP contribution in [0.15, 0.2) is 47.5 Å². The number of hydrogen-bond acceptors (Lipinski definition) is 7. The summed E-state index contributed by atoms with van der Waals surface area (Å²) in [7, 11) is -3.51. The number of aromatic nitrogens is 4. The maximum atomic E-state index is 13.0. The smallest absolute Gasteiger partial charge is 0.243 e. The third-order valence-electron chi connectivity index (χ3n) is 6.80. The number of nitrogens with zero attached hydrogens (tertiary/aromatic N) is 7. The fourth-order valence-corrected chi connectivity index (χ4v) is 6.33. The van der Waals surface area contributed by atoms with Crippen molar-refractivity contribution in [3.8, 4) is 0 Å². The monoisotopic (exact) mass is 497 g/mol. The zero-order chi connectivity index (χ0) is 24.3. The van der Waals surface area contributed by atoms with Crippen LogP contribution in [0.1, 0.15) is 32.1 Å². The van der Waals surface area contributed by atoms with Crippen LogP contribution >= 0.6 is 0 Å². The maximum Gasteiger partial charge on any atom is 0.243 e. The molecule has 0 saturated carbocycles. The Morgan fingerprint density at radius 2 is 1.74 bits per heavy atom. The Morgan fingerprint density at radius 1 is 0.943 bits per heavy atom. The number of anilines is 1. The van der Waals surface area contributed by atoms with E-state index < -0.39 is 10.0 Å². The van der Waals surface area contributed by atoms with Gasteiger partial charge in [-0.2, -0.15) is 4.31 Å². The SMILES string of the molecule is O=C(CCCn1nnc2cc(S(=O)(=O)N3CCCCC3)ccc21)N1CCN(c2ccccn2)CC1. The molecule has 10 nitrogen and oxygen atoms in total. The molecule has 186 valence electrons. The minimum absolute atomic E-state index is 0.144. The molecule has 11 heteroatoms. The van der Waals surface area contributed by atoms with E-state index in [2.05, 4.69) is 20.2 Å². The molecule has 2 fully saturated rings. The molecular formula is C24H31N7O3S. The number of pyridine rings is 1. The molecule has 0 N–H and O–H groups in total. The van der Waals surface area contributed by atoms with Gasteiger partial charge in [-0.15, -0.1) is 5.10 Å². The van der Waals surface area contributed by atoms with Crippen LogP contribution in [0.3, 0.4) is 0 Å². The van der Waals surface area contributed by atoms with E-state index in [0.29, 0.717) is 51.1 Å². The average molecular weight is 498 g/mol. The van der Waals surface area contributed by atoms with Crippen molar-refractivity contribution in [2.45, 2.75) is 43.5 Å². The summed E-state index contributed by atoms with van der Waals surface area (Å²) in [6.45, 7) is 4.62. The number of aryl methyl sites for hydroxylation is 1. The molecule has 0 aliphatic carbocycles. The van der Waals surface area contributed by atoms with Gasteiger partial charge in [-0.25, -0.2) is 18.1 Å². The van der Waals surface area contributed by atoms with Crippen LogP contribution in [0.2, 0.25) is 0 Å². The quantitative estimate of drug-likeness (QED) is 0.492. The largest absolute Gasteiger partial charge is 0.353 e. The number of sulfonamides is 1. The minimum atomic E-state index is -3.51. The van der Waals surface area contributed by atoms with Crippen LogP contribution in [0, 0.1) is 0 Å². The van der Waals surface area contributed by atoms with Crippen LogP contribution < -0.4 is 4.90 Å². The van der Waals surface area contributed by atoms with E-state index in [-0.39, 0.29) is 10.8 Å². The zero-order valence-corrected chi connectivity index (χ0v) is 20.6. The van der Waals surface area contributed by atoms with Gasteiger partial charge in [0.25, 0.3) is 0 Å². The molecule has 0 bridgehead atoms. The molecule has 0 atom stereocenters. The minimum Gasteiger partial charge on any atom is -0.353 e. The number of carbonyl (C=O) groups excluding carboxylic acids is 1. The Morgan fingerprint density at radius 3 is 2.49 bits per heavy atom. The Labute approximate surface area is 205 Å². The lowest BCUT2D eigenvalue weighted by Crippen LogP contribution is -2.49. The number of benzene rings is 1. The van der Waals surface area contributed by atoms with Gasteiger partial charge >= 0.3 is 0 Å². The summed E-state index contributed by atoms with van der Waals surface area (Å²) in [6.07, 6.45) is 5.74. The summed E-state index contributed by atoms with van der Waals surface area (Å²) >= 11 is 0. The molecule has 1 aromatic carbocycles. The summed E-state index contributed by atoms with van der Waals surface area (Å²) < 4.78 is 29.2. The van der Waals surface area contributed by atoms with Crippen molar-refractivity contribution in [2.75, 3.05) is 44.2 Å². The van der Waals surface area contributed by atoms with E-state index in [1.165, 1.54) is 0 Å². The van der Waals surface area contributed by atoms with Crippen LogP contribution in [-0.4, -0.2) is 82.8 Å². The first-order valence-corrected chi connectivity index (χ1v) is 13.7. The third kappa shape index (κ3) is 5.15. The molecular weight excluding hydrogens is 466 g/mol. The molecule has 35 heavy (non-hydrogen) atoms. The van der Waals surface area contributed by atoms with Gasteiger partial charge < -0.3 is 9.80 Å². The van der Waals surface area contributed by atoms with Gasteiger partial charge in [0.05, 0.1) is 10.4 Å². The molecule has 0 unspecified atom stereocenters. The van der Waals surface area contributed by atoms with Crippen molar-refractivity contribution in [1.82, 2.24) is 29.2 Å². The Balaban J connectivity index is 1.15. The second-order valence-corrected chi connectivity index (χ2v) is 11.0. The highest BCUT2D eigenvalue weighted by molar-refractivity contribution is 7.89. The van der Waals surface area contributed by atoms with Crippen LogP contribution in [-0.2, 0) is 21.4 Å². The predicted octanol–water partition coefficient (Wildman–Crippen LogP) is 2.13. The lowest BCUT2D eigenvalue weighted by molar-refractivity contribution is -0.131. The molecule has 2 aliphatic heterocycles. The van der Waals surface area contributed by atoms with Gasteiger partial charge in [-0.3, -0.25) is 4.79 Å². The number of piperidine rings is 1. The van der Waals surface area contributed by atoms with Crippen molar-refractivity contribution >= 4 is 32.8 Å². The summed E-state index contributed by atoms with van der Waals surface area (Å²) in [5.41, 5.74) is 1.33. The number of fused-ring (bicyclic) bond motifs is 1. The number of amides is 1. The highest BCUT2D eigenvalue weighted by Crippen LogP contribution is 2.23. The number of rotatable bonds is 7. The first-order chi connectivity index (χ1) is 17.0. The first kappa shape index (κ1) is 23.7. The second kappa shape index (κ2) is 10.3. The van der Waals surface area contributed by atoms with Gasteiger partial charge in [-0.1, -0.05) is 17.7 Å². The van der Waals surface area contributed by atoms with Crippen LogP contribution in [0.25, 0.3) is 11.0 Å². The number of hydrogen-bond donors (Lipinski definition) is 0. The van der Waals surface area contributed by atoms with E-state index >= 15 is 0 Å². The lowest BCUT2D eigenvalue weighted by atomic mass is 10.2. The van der Waals surface area contributed by atoms with Gasteiger partial charge in [0.15, 0.2) is 0 Å². The van der Waals surface area contributed by atoms with Crippen LogP contribution in [0.4, 0.5) is 5.82 Å². The summed E-state index contributed by atoms with van der Waals surface area (Å²) in [4.78, 5) is 21.5. The molecule has 3 aromatic rings. The third-order valence-corrected chi connectivity index (χ3v) is 8.70. The number of carbonyl (C=O) groups is 1. The molecule has 0 radical (unpaired) electrons. The van der Waals surface area contributed by atoms with Gasteiger partial charge in [0.2, 0.25) is 15.9 Å². The van der Waals surface area contributed by atoms with E-state index in [1.807, 2.05) is 23.1 Å². The molecule has 4 heterocycles. The van der Waals surface area contributed by atoms with Gasteiger partial charge in [0.1, 0.15) is 11.3 Å². The van der Waals surface area contributed by atoms with Crippen molar-refractivity contribution in [3.63, 3.8) is 0 Å². The summed E-state index contributed by atoms with van der Waals surface area (Å²) in [5.74, 6) is 1.09. The highest BCUT2D eigenvalue weighted by atomic mass is 32.2. The van der Waals surface area contributed by atoms with Crippen LogP contribution in [0.5, 0.6) is 0 Å². The highest BCUT2D eigenvalue weighted by Gasteiger charge is 2.26. The van der Waals surface area contributed by atoms with Crippen molar-refractivity contribution in [2.24, 2.45) is 0 Å². The topological polar surface area (TPSA) is 105 Å². The average Bonchev–Trinajstić information content (AvgIpc) is 3.32. The van der Waals surface area contributed by atoms with Crippen molar-refractivity contribution in [1.29, 1.82) is 0 Å². The predicted molar refractivity (Wildman–Crippen MR) is 132 cm³/mol. The Hall–Kier alpha value is -3.05. The Bertz CT molecular complexity index is 1260. The first-order valence-electron chi connectivity index (χ1n) is 12.3. The molecule has 5 rings (SSSR count). The van der Waals surface area contributed by atoms with Crippen molar-refractivity contribution < 1.29 is 13.2 Å². The standard InChI is InChI=1S/C24H31N7O3S/c32-24(29-17-15-28(16-18-29)23-7-2-3-11-25-23)8-6-14-31-22-10-9-20(19-21(22)26-27-31)35(33,34)30-12-4-1-5-13-30/h2-3,7,9-11,19H,1,4-6,8,12-18H2. The lowest BCUT2D eigenvalue weighted by Gasteiger charge is -2.35. The molecule has 2 saturated heterocycles. The summed E-state index contributed by atoms with van der Waals surface area (Å²) in [6, 6.07) is 10.9. The zero-order valence-electron chi connectivity index (χ0n) is 19.8. The molecule has 0 spiro atoms. The van der Waals surface area contributed by atoms with Crippen molar-refractivity contribution in [3.05, 3.63) is 42.6 Å². The normalized spacial score (nSPS) is 17.7. The van der Waals surface area contributed by atoms with E-state index in [0.717, 1.165) is 43.7 Å². The summed E-state index contributed by atoms with van der Waals surface area (Å²) in [5, 5.41) is 8.39. The van der Waals surface area contributed by atoms with E-state index in [4.69, 9.17) is 0 Å². The van der Waals surface area contributed by atoms with E-state index in [1.54, 1.807) is 33.4 Å². The molecule has 2 aromatic heterocycles. The number of piperazine rings is 1. The maximum absolute atomic E-state index is 13.0. The van der Waals surface area contributed by atoms with E-state index in [9.17, 15) is 13.2 Å². The Kier molecular flexibility index (Phi) is 6.96. The molecule has 2 aliphatic rings. The van der Waals surface area contributed by atoms with Gasteiger partial charge in [0, 0.05) is 58.4 Å². The van der Waals surface area contributed by atoms with Gasteiger partial charge in [-0.05, 0) is 49.6 Å². The second-order valence-electron chi connectivity index (χ2n) is 9.09. The fourth-order valence-electron chi connectivity index (χ4n) is 4.80.